The molecule has 3 aromatic rings. The Bertz CT molecular complexity index is 1060. The Labute approximate surface area is 146 Å². The molecule has 2 aromatic carbocycles. The van der Waals surface area contributed by atoms with Crippen LogP contribution in [0.5, 0.6) is 5.75 Å². The van der Waals surface area contributed by atoms with E-state index in [0.717, 1.165) is 5.56 Å². The van der Waals surface area contributed by atoms with Crippen molar-refractivity contribution < 1.29 is 17.9 Å². The van der Waals surface area contributed by atoms with E-state index in [1.165, 1.54) is 23.2 Å². The number of ether oxygens (including phenoxy) is 1. The van der Waals surface area contributed by atoms with Gasteiger partial charge in [-0.3, -0.25) is 4.79 Å². The van der Waals surface area contributed by atoms with E-state index in [-0.39, 0.29) is 4.90 Å². The minimum atomic E-state index is -3.83. The van der Waals surface area contributed by atoms with Crippen LogP contribution in [0.15, 0.2) is 59.5 Å². The highest BCUT2D eigenvalue weighted by atomic mass is 32.2. The number of aryl methyl sites for hydroxylation is 1. The van der Waals surface area contributed by atoms with Crippen molar-refractivity contribution in [2.75, 3.05) is 7.11 Å². The van der Waals surface area contributed by atoms with Crippen LogP contribution < -0.4 is 4.74 Å². The molecule has 0 bridgehead atoms. The second-order valence-corrected chi connectivity index (χ2v) is 7.33. The molecule has 1 heterocycles. The Balaban J connectivity index is 2.35. The molecular weight excluding hydrogens is 338 g/mol. The quantitative estimate of drug-likeness (QED) is 0.520. The Hall–Kier alpha value is -2.86. The lowest BCUT2D eigenvalue weighted by atomic mass is 10.2. The predicted octanol–water partition coefficient (Wildman–Crippen LogP) is 3.41. The largest absolute Gasteiger partial charge is 0.496 e. The predicted molar refractivity (Wildman–Crippen MR) is 97.4 cm³/mol. The molecule has 0 aliphatic heterocycles. The molecular formula is C19H17NO4S. The summed E-state index contributed by atoms with van der Waals surface area (Å²) in [5, 5.41) is 0.659. The number of nitrogens with zero attached hydrogens (tertiary/aromatic N) is 1. The van der Waals surface area contributed by atoms with E-state index in [2.05, 4.69) is 0 Å². The van der Waals surface area contributed by atoms with Crippen LogP contribution in [0.3, 0.4) is 0 Å². The van der Waals surface area contributed by atoms with Crippen LogP contribution in [-0.4, -0.2) is 25.8 Å². The molecule has 0 aliphatic rings. The van der Waals surface area contributed by atoms with E-state index in [4.69, 9.17) is 4.74 Å². The minimum Gasteiger partial charge on any atom is -0.496 e. The summed E-state index contributed by atoms with van der Waals surface area (Å²) < 4.78 is 33.0. The van der Waals surface area contributed by atoms with Crippen molar-refractivity contribution in [1.29, 1.82) is 0 Å². The summed E-state index contributed by atoms with van der Waals surface area (Å²) in [6.45, 7) is 1.89. The van der Waals surface area contributed by atoms with Gasteiger partial charge in [-0.2, -0.15) is 0 Å². The highest BCUT2D eigenvalue weighted by Gasteiger charge is 2.23. The number of allylic oxidation sites excluding steroid dienone is 1. The number of carbonyl (C=O) groups is 1. The Morgan fingerprint density at radius 1 is 1.08 bits per heavy atom. The van der Waals surface area contributed by atoms with E-state index in [9.17, 15) is 13.2 Å². The van der Waals surface area contributed by atoms with Crippen molar-refractivity contribution in [2.24, 2.45) is 0 Å². The standard InChI is InChI=1S/C19H17NO4S/c1-14-8-10-16(11-9-14)25(22,23)20-15(5-4-12-21)13-17-18(20)6-3-7-19(17)24-2/h3-13H,1-2H3/b5-4+. The average molecular weight is 355 g/mol. The molecule has 3 rings (SSSR count). The third kappa shape index (κ3) is 2.96. The molecule has 0 amide bonds. The third-order valence-electron chi connectivity index (χ3n) is 3.91. The maximum Gasteiger partial charge on any atom is 0.268 e. The molecule has 0 saturated carbocycles. The van der Waals surface area contributed by atoms with Gasteiger partial charge in [-0.05, 0) is 49.4 Å². The van der Waals surface area contributed by atoms with Gasteiger partial charge < -0.3 is 4.74 Å². The van der Waals surface area contributed by atoms with E-state index in [1.54, 1.807) is 48.5 Å². The molecule has 0 fully saturated rings. The van der Waals surface area contributed by atoms with Gasteiger partial charge in [0.1, 0.15) is 12.0 Å². The summed E-state index contributed by atoms with van der Waals surface area (Å²) in [5.41, 5.74) is 1.84. The first kappa shape index (κ1) is 17.0. The number of aldehydes is 1. The monoisotopic (exact) mass is 355 g/mol. The van der Waals surface area contributed by atoms with Crippen LogP contribution in [-0.2, 0) is 14.8 Å². The first-order valence-corrected chi connectivity index (χ1v) is 9.05. The lowest BCUT2D eigenvalue weighted by Crippen LogP contribution is -2.14. The zero-order valence-electron chi connectivity index (χ0n) is 13.8. The van der Waals surface area contributed by atoms with Crippen LogP contribution in [0.4, 0.5) is 0 Å². The van der Waals surface area contributed by atoms with Crippen LogP contribution in [0, 0.1) is 6.92 Å². The number of hydrogen-bond acceptors (Lipinski definition) is 4. The molecule has 0 N–H and O–H groups in total. The molecule has 0 atom stereocenters. The second-order valence-electron chi connectivity index (χ2n) is 5.54. The fourth-order valence-electron chi connectivity index (χ4n) is 2.72. The van der Waals surface area contributed by atoms with Gasteiger partial charge in [-0.1, -0.05) is 23.8 Å². The number of aromatic nitrogens is 1. The zero-order valence-corrected chi connectivity index (χ0v) is 14.7. The SMILES string of the molecule is COc1cccc2c1cc(/C=C/C=O)n2S(=O)(=O)c1ccc(C)cc1. The van der Waals surface area contributed by atoms with Crippen molar-refractivity contribution in [3.8, 4) is 5.75 Å². The molecule has 0 saturated heterocycles. The van der Waals surface area contributed by atoms with Crippen LogP contribution >= 0.6 is 0 Å². The zero-order chi connectivity index (χ0) is 18.0. The molecule has 25 heavy (non-hydrogen) atoms. The van der Waals surface area contributed by atoms with Gasteiger partial charge in [0.2, 0.25) is 0 Å². The molecule has 0 aliphatic carbocycles. The number of carbonyl (C=O) groups excluding carboxylic acids is 1. The van der Waals surface area contributed by atoms with Gasteiger partial charge in [0, 0.05) is 5.39 Å². The van der Waals surface area contributed by atoms with E-state index in [0.29, 0.717) is 28.6 Å². The van der Waals surface area contributed by atoms with Crippen molar-refractivity contribution in [3.63, 3.8) is 0 Å². The Morgan fingerprint density at radius 3 is 2.44 bits per heavy atom. The first-order chi connectivity index (χ1) is 12.0. The number of hydrogen-bond donors (Lipinski definition) is 0. The first-order valence-electron chi connectivity index (χ1n) is 7.61. The van der Waals surface area contributed by atoms with Crippen LogP contribution in [0.25, 0.3) is 17.0 Å². The number of fused-ring (bicyclic) bond motifs is 1. The van der Waals surface area contributed by atoms with Crippen molar-refractivity contribution in [2.45, 2.75) is 11.8 Å². The maximum atomic E-state index is 13.2. The summed E-state index contributed by atoms with van der Waals surface area (Å²) in [6, 6.07) is 13.5. The summed E-state index contributed by atoms with van der Waals surface area (Å²) in [7, 11) is -2.30. The number of rotatable bonds is 5. The normalized spacial score (nSPS) is 11.9. The maximum absolute atomic E-state index is 13.2. The van der Waals surface area contributed by atoms with E-state index >= 15 is 0 Å². The number of benzene rings is 2. The molecule has 0 unspecified atom stereocenters. The fourth-order valence-corrected chi connectivity index (χ4v) is 4.22. The molecule has 1 aromatic heterocycles. The van der Waals surface area contributed by atoms with Gasteiger partial charge in [0.05, 0.1) is 23.2 Å². The average Bonchev–Trinajstić information content (AvgIpc) is 2.99. The lowest BCUT2D eigenvalue weighted by molar-refractivity contribution is -0.104. The van der Waals surface area contributed by atoms with Crippen molar-refractivity contribution >= 4 is 33.3 Å². The summed E-state index contributed by atoms with van der Waals surface area (Å²) in [4.78, 5) is 10.9. The van der Waals surface area contributed by atoms with E-state index < -0.39 is 10.0 Å². The second kappa shape index (κ2) is 6.57. The lowest BCUT2D eigenvalue weighted by Gasteiger charge is -2.11. The topological polar surface area (TPSA) is 65.4 Å². The highest BCUT2D eigenvalue weighted by molar-refractivity contribution is 7.90. The van der Waals surface area contributed by atoms with Gasteiger partial charge in [-0.15, -0.1) is 0 Å². The van der Waals surface area contributed by atoms with Gasteiger partial charge >= 0.3 is 0 Å². The summed E-state index contributed by atoms with van der Waals surface area (Å²) in [6.07, 6.45) is 3.35. The smallest absolute Gasteiger partial charge is 0.268 e. The molecule has 5 nitrogen and oxygen atoms in total. The summed E-state index contributed by atoms with van der Waals surface area (Å²) in [5.74, 6) is 0.566. The molecule has 0 spiro atoms. The van der Waals surface area contributed by atoms with Gasteiger partial charge in [0.25, 0.3) is 10.0 Å². The van der Waals surface area contributed by atoms with Crippen molar-refractivity contribution in [3.05, 3.63) is 65.9 Å². The van der Waals surface area contributed by atoms with Crippen molar-refractivity contribution in [1.82, 2.24) is 3.97 Å². The van der Waals surface area contributed by atoms with Gasteiger partial charge in [0.15, 0.2) is 0 Å². The Morgan fingerprint density at radius 2 is 1.80 bits per heavy atom. The third-order valence-corrected chi connectivity index (χ3v) is 5.67. The fraction of sp³-hybridized carbons (Fsp3) is 0.105. The molecule has 0 radical (unpaired) electrons. The van der Waals surface area contributed by atoms with Crippen LogP contribution in [0.2, 0.25) is 0 Å². The highest BCUT2D eigenvalue weighted by Crippen LogP contribution is 2.32. The van der Waals surface area contributed by atoms with Crippen LogP contribution in [0.1, 0.15) is 11.3 Å². The van der Waals surface area contributed by atoms with Gasteiger partial charge in [-0.25, -0.2) is 12.4 Å². The summed E-state index contributed by atoms with van der Waals surface area (Å²) >= 11 is 0. The molecule has 6 heteroatoms. The molecule has 128 valence electrons. The van der Waals surface area contributed by atoms with E-state index in [1.807, 2.05) is 6.92 Å². The number of methoxy groups -OCH3 is 1. The Kier molecular flexibility index (Phi) is 4.46. The minimum absolute atomic E-state index is 0.180.